The van der Waals surface area contributed by atoms with Crippen LogP contribution in [-0.2, 0) is 7.05 Å². The van der Waals surface area contributed by atoms with Gasteiger partial charge in [0.15, 0.2) is 0 Å². The Balaban J connectivity index is 2.46. The van der Waals surface area contributed by atoms with Crippen molar-refractivity contribution in [1.29, 1.82) is 0 Å². The second-order valence-electron chi connectivity index (χ2n) is 5.49. The van der Waals surface area contributed by atoms with Gasteiger partial charge in [-0.05, 0) is 50.6 Å². The number of benzene rings is 1. The average Bonchev–Trinajstić information content (AvgIpc) is 2.46. The first-order chi connectivity index (χ1) is 10.4. The van der Waals surface area contributed by atoms with E-state index in [2.05, 4.69) is 9.97 Å². The zero-order valence-corrected chi connectivity index (χ0v) is 12.9. The first kappa shape index (κ1) is 14.4. The van der Waals surface area contributed by atoms with E-state index in [0.717, 1.165) is 16.8 Å². The second kappa shape index (κ2) is 5.02. The fraction of sp³-hybridized carbons (Fsp3) is 0.235. The molecular weight excluding hydrogens is 281 g/mol. The Morgan fingerprint density at radius 2 is 1.82 bits per heavy atom. The Labute approximate surface area is 127 Å². The topological polar surface area (TPSA) is 47.8 Å². The van der Waals surface area contributed by atoms with Gasteiger partial charge in [0, 0.05) is 18.3 Å². The highest BCUT2D eigenvalue weighted by Gasteiger charge is 2.15. The van der Waals surface area contributed by atoms with E-state index in [1.807, 2.05) is 13.8 Å². The Kier molecular flexibility index (Phi) is 3.28. The molecule has 112 valence electrons. The molecule has 5 heteroatoms. The van der Waals surface area contributed by atoms with E-state index in [1.54, 1.807) is 26.1 Å². The highest BCUT2D eigenvalue weighted by molar-refractivity contribution is 5.92. The Hall–Kier alpha value is -2.56. The standard InChI is InChI=1S/C17H16FN3O/c1-9-7-12(18)5-6-13(9)15-16-14(8-10(2)19-15)17(22)21(4)11(3)20-16/h5-8H,1-4H3. The lowest BCUT2D eigenvalue weighted by atomic mass is 10.0. The van der Waals surface area contributed by atoms with Crippen molar-refractivity contribution in [2.75, 3.05) is 0 Å². The van der Waals surface area contributed by atoms with E-state index in [-0.39, 0.29) is 11.4 Å². The number of hydrogen-bond donors (Lipinski definition) is 0. The summed E-state index contributed by atoms with van der Waals surface area (Å²) in [6.07, 6.45) is 0. The Bertz CT molecular complexity index is 960. The van der Waals surface area contributed by atoms with E-state index in [0.29, 0.717) is 22.4 Å². The molecule has 0 saturated carbocycles. The van der Waals surface area contributed by atoms with E-state index in [9.17, 15) is 9.18 Å². The van der Waals surface area contributed by atoms with Gasteiger partial charge in [0.05, 0.1) is 11.1 Å². The van der Waals surface area contributed by atoms with Crippen molar-refractivity contribution in [2.24, 2.45) is 7.05 Å². The van der Waals surface area contributed by atoms with Crippen molar-refractivity contribution < 1.29 is 4.39 Å². The van der Waals surface area contributed by atoms with Crippen LogP contribution < -0.4 is 5.56 Å². The summed E-state index contributed by atoms with van der Waals surface area (Å²) in [4.78, 5) is 21.5. The molecule has 0 unspecified atom stereocenters. The van der Waals surface area contributed by atoms with Crippen LogP contribution in [0.25, 0.3) is 22.2 Å². The molecule has 1 aromatic carbocycles. The summed E-state index contributed by atoms with van der Waals surface area (Å²) in [5.74, 6) is 0.322. The number of fused-ring (bicyclic) bond motifs is 1. The van der Waals surface area contributed by atoms with Crippen molar-refractivity contribution in [1.82, 2.24) is 14.5 Å². The molecule has 3 rings (SSSR count). The summed E-state index contributed by atoms with van der Waals surface area (Å²) >= 11 is 0. The molecule has 0 aliphatic carbocycles. The summed E-state index contributed by atoms with van der Waals surface area (Å²) in [6, 6.07) is 6.28. The fourth-order valence-electron chi connectivity index (χ4n) is 2.59. The molecule has 0 atom stereocenters. The van der Waals surface area contributed by atoms with Crippen molar-refractivity contribution in [3.63, 3.8) is 0 Å². The van der Waals surface area contributed by atoms with Crippen molar-refractivity contribution >= 4 is 10.9 Å². The van der Waals surface area contributed by atoms with Crippen LogP contribution in [0.3, 0.4) is 0 Å². The normalized spacial score (nSPS) is 11.1. The summed E-state index contributed by atoms with van der Waals surface area (Å²) < 4.78 is 14.9. The summed E-state index contributed by atoms with van der Waals surface area (Å²) in [5, 5.41) is 0.527. The lowest BCUT2D eigenvalue weighted by molar-refractivity contribution is 0.627. The largest absolute Gasteiger partial charge is 0.299 e. The minimum atomic E-state index is -0.293. The molecule has 0 aliphatic heterocycles. The molecule has 4 nitrogen and oxygen atoms in total. The molecule has 0 spiro atoms. The SMILES string of the molecule is Cc1cc2c(=O)n(C)c(C)nc2c(-c2ccc(F)cc2C)n1. The van der Waals surface area contributed by atoms with Crippen LogP contribution in [0.4, 0.5) is 4.39 Å². The molecule has 0 aliphatic rings. The van der Waals surface area contributed by atoms with Gasteiger partial charge in [-0.1, -0.05) is 0 Å². The van der Waals surface area contributed by atoms with Crippen LogP contribution in [0.15, 0.2) is 29.1 Å². The van der Waals surface area contributed by atoms with Crippen LogP contribution in [0.2, 0.25) is 0 Å². The van der Waals surface area contributed by atoms with Gasteiger partial charge < -0.3 is 0 Å². The molecule has 0 bridgehead atoms. The van der Waals surface area contributed by atoms with Gasteiger partial charge in [0.25, 0.3) is 5.56 Å². The number of aromatic nitrogens is 3. The van der Waals surface area contributed by atoms with Crippen molar-refractivity contribution in [3.8, 4) is 11.3 Å². The Morgan fingerprint density at radius 1 is 1.09 bits per heavy atom. The second-order valence-corrected chi connectivity index (χ2v) is 5.49. The molecular formula is C17H16FN3O. The van der Waals surface area contributed by atoms with E-state index >= 15 is 0 Å². The minimum absolute atomic E-state index is 0.103. The molecule has 2 aromatic heterocycles. The third kappa shape index (κ3) is 2.19. The van der Waals surface area contributed by atoms with Crippen LogP contribution in [0.1, 0.15) is 17.1 Å². The first-order valence-electron chi connectivity index (χ1n) is 7.00. The van der Waals surface area contributed by atoms with Crippen LogP contribution in [0.5, 0.6) is 0 Å². The fourth-order valence-corrected chi connectivity index (χ4v) is 2.59. The van der Waals surface area contributed by atoms with Crippen LogP contribution in [-0.4, -0.2) is 14.5 Å². The smallest absolute Gasteiger partial charge is 0.261 e. The minimum Gasteiger partial charge on any atom is -0.299 e. The zero-order valence-electron chi connectivity index (χ0n) is 12.9. The third-order valence-electron chi connectivity index (χ3n) is 3.86. The first-order valence-corrected chi connectivity index (χ1v) is 7.00. The van der Waals surface area contributed by atoms with Crippen molar-refractivity contribution in [2.45, 2.75) is 20.8 Å². The highest BCUT2D eigenvalue weighted by atomic mass is 19.1. The van der Waals surface area contributed by atoms with Gasteiger partial charge in [-0.3, -0.25) is 14.3 Å². The molecule has 0 saturated heterocycles. The number of halogens is 1. The van der Waals surface area contributed by atoms with Gasteiger partial charge in [0.2, 0.25) is 0 Å². The van der Waals surface area contributed by atoms with Gasteiger partial charge in [-0.25, -0.2) is 9.37 Å². The van der Waals surface area contributed by atoms with Crippen LogP contribution >= 0.6 is 0 Å². The maximum absolute atomic E-state index is 13.3. The van der Waals surface area contributed by atoms with Crippen molar-refractivity contribution in [3.05, 3.63) is 57.5 Å². The number of rotatable bonds is 1. The predicted octanol–water partition coefficient (Wildman–Crippen LogP) is 3.06. The van der Waals surface area contributed by atoms with E-state index in [4.69, 9.17) is 0 Å². The number of aryl methyl sites for hydroxylation is 3. The number of pyridine rings is 1. The average molecular weight is 297 g/mol. The van der Waals surface area contributed by atoms with Gasteiger partial charge in [-0.15, -0.1) is 0 Å². The molecule has 0 N–H and O–H groups in total. The third-order valence-corrected chi connectivity index (χ3v) is 3.86. The van der Waals surface area contributed by atoms with E-state index in [1.165, 1.54) is 16.7 Å². The maximum atomic E-state index is 13.3. The number of hydrogen-bond acceptors (Lipinski definition) is 3. The number of nitrogens with zero attached hydrogens (tertiary/aromatic N) is 3. The monoisotopic (exact) mass is 297 g/mol. The van der Waals surface area contributed by atoms with E-state index < -0.39 is 0 Å². The summed E-state index contributed by atoms with van der Waals surface area (Å²) in [7, 11) is 1.70. The summed E-state index contributed by atoms with van der Waals surface area (Å²) in [5.41, 5.74) is 3.35. The summed E-state index contributed by atoms with van der Waals surface area (Å²) in [6.45, 7) is 5.44. The maximum Gasteiger partial charge on any atom is 0.261 e. The quantitative estimate of drug-likeness (QED) is 0.693. The van der Waals surface area contributed by atoms with Gasteiger partial charge >= 0.3 is 0 Å². The molecule has 22 heavy (non-hydrogen) atoms. The van der Waals surface area contributed by atoms with Gasteiger partial charge in [-0.2, -0.15) is 0 Å². The molecule has 2 heterocycles. The van der Waals surface area contributed by atoms with Crippen LogP contribution in [0, 0.1) is 26.6 Å². The molecule has 0 radical (unpaired) electrons. The highest BCUT2D eigenvalue weighted by Crippen LogP contribution is 2.28. The molecule has 3 aromatic rings. The predicted molar refractivity (Wildman–Crippen MR) is 84.4 cm³/mol. The lowest BCUT2D eigenvalue weighted by Gasteiger charge is -2.12. The Morgan fingerprint density at radius 3 is 2.50 bits per heavy atom. The van der Waals surface area contributed by atoms with Gasteiger partial charge in [0.1, 0.15) is 17.2 Å². The molecule has 0 fully saturated rings. The molecule has 0 amide bonds. The lowest BCUT2D eigenvalue weighted by Crippen LogP contribution is -2.21. The zero-order chi connectivity index (χ0) is 16.0.